The number of aromatic nitrogens is 5. The number of hydrogen-bond acceptors (Lipinski definition) is 4. The first-order valence-corrected chi connectivity index (χ1v) is 22.9. The van der Waals surface area contributed by atoms with Crippen LogP contribution in [0.15, 0.2) is 205 Å². The SMILES string of the molecule is CC(C)c1cc(-c2ccccc2)cc(C(C)C)c1-n1c(-c2[c-]ccc3c2oc2c3ccc3c2nc(-c2ccccc2)n3-c2ccccc2)nc2ccccc21.[Ir].[c-]1ccccc1-c1ccccn1. The molecule has 0 bridgehead atoms. The van der Waals surface area contributed by atoms with Crippen LogP contribution in [0.4, 0.5) is 0 Å². The average molecular weight is 1060 g/mol. The number of para-hydroxylation sites is 3. The third kappa shape index (κ3) is 8.04. The molecular weight excluding hydrogens is 1010 g/mol. The van der Waals surface area contributed by atoms with Gasteiger partial charge in [-0.1, -0.05) is 142 Å². The van der Waals surface area contributed by atoms with Crippen molar-refractivity contribution in [2.24, 2.45) is 0 Å². The van der Waals surface area contributed by atoms with Crippen LogP contribution >= 0.6 is 0 Å². The van der Waals surface area contributed by atoms with Gasteiger partial charge in [0.2, 0.25) is 0 Å². The fourth-order valence-corrected chi connectivity index (χ4v) is 9.24. The van der Waals surface area contributed by atoms with Gasteiger partial charge in [-0.25, -0.2) is 4.98 Å². The van der Waals surface area contributed by atoms with E-state index in [1.807, 2.05) is 60.7 Å². The van der Waals surface area contributed by atoms with Crippen LogP contribution in [0.5, 0.6) is 0 Å². The Hall–Kier alpha value is -7.70. The maximum absolute atomic E-state index is 7.05. The first-order valence-electron chi connectivity index (χ1n) is 22.9. The second-order valence-electron chi connectivity index (χ2n) is 17.4. The van der Waals surface area contributed by atoms with E-state index in [1.54, 1.807) is 6.20 Å². The van der Waals surface area contributed by atoms with Crippen molar-refractivity contribution < 1.29 is 24.5 Å². The zero-order valence-corrected chi connectivity index (χ0v) is 40.6. The molecule has 7 heteroatoms. The van der Waals surface area contributed by atoms with Gasteiger partial charge in [0.05, 0.1) is 28.0 Å². The minimum atomic E-state index is 0. The molecule has 0 N–H and O–H groups in total. The second-order valence-corrected chi connectivity index (χ2v) is 17.4. The first kappa shape index (κ1) is 44.2. The van der Waals surface area contributed by atoms with Crippen molar-refractivity contribution in [1.29, 1.82) is 0 Å². The molecule has 68 heavy (non-hydrogen) atoms. The van der Waals surface area contributed by atoms with Crippen LogP contribution in [0.25, 0.3) is 101 Å². The Bertz CT molecular complexity index is 3610. The van der Waals surface area contributed by atoms with Crippen molar-refractivity contribution in [2.75, 3.05) is 0 Å². The molecule has 0 aliphatic carbocycles. The topological polar surface area (TPSA) is 61.7 Å². The molecule has 12 aromatic rings. The Morgan fingerprint density at radius 3 is 1.82 bits per heavy atom. The number of nitrogens with zero attached hydrogens (tertiary/aromatic N) is 5. The summed E-state index contributed by atoms with van der Waals surface area (Å²) in [4.78, 5) is 14.9. The summed E-state index contributed by atoms with van der Waals surface area (Å²) in [6, 6.07) is 73.5. The minimum Gasteiger partial charge on any atom is -0.498 e. The minimum absolute atomic E-state index is 0. The van der Waals surface area contributed by atoms with E-state index in [4.69, 9.17) is 14.4 Å². The smallest absolute Gasteiger partial charge is 0.148 e. The zero-order valence-electron chi connectivity index (χ0n) is 38.2. The van der Waals surface area contributed by atoms with E-state index in [2.05, 4.69) is 187 Å². The van der Waals surface area contributed by atoms with Gasteiger partial charge >= 0.3 is 0 Å². The van der Waals surface area contributed by atoms with Crippen LogP contribution in [-0.4, -0.2) is 24.1 Å². The van der Waals surface area contributed by atoms with Crippen LogP contribution in [0.2, 0.25) is 0 Å². The van der Waals surface area contributed by atoms with Gasteiger partial charge in [-0.3, -0.25) is 9.55 Å². The molecule has 0 spiro atoms. The molecular formula is C61H47IrN5O-2. The van der Waals surface area contributed by atoms with E-state index in [0.29, 0.717) is 0 Å². The number of benzene rings is 8. The molecule has 4 aromatic heterocycles. The summed E-state index contributed by atoms with van der Waals surface area (Å²) in [7, 11) is 0. The standard InChI is InChI=1S/C50H39N4O.C11H8N.Ir/c1-31(2)40-29-35(33-17-8-5-9-18-33)30-41(32(3)4)46(40)54-43-26-15-14-25-42(43)51-50(54)39-24-16-23-37-38-27-28-44-45(48(38)55-47(37)39)52-49(34-19-10-6-11-20-34)53(44)36-21-12-7-13-22-36;1-2-6-10(7-3-1)11-8-4-5-9-12-11;/h5-23,25-32H,1-4H3;1-6,8-9H;/q2*-1;. The molecule has 6 nitrogen and oxygen atoms in total. The molecule has 0 unspecified atom stereocenters. The van der Waals surface area contributed by atoms with Crippen molar-refractivity contribution in [3.63, 3.8) is 0 Å². The van der Waals surface area contributed by atoms with Crippen LogP contribution < -0.4 is 0 Å². The van der Waals surface area contributed by atoms with Crippen molar-refractivity contribution in [2.45, 2.75) is 39.5 Å². The number of imidazole rings is 2. The van der Waals surface area contributed by atoms with Crippen molar-refractivity contribution >= 4 is 44.0 Å². The quantitative estimate of drug-likeness (QED) is 0.142. The molecule has 1 radical (unpaired) electrons. The van der Waals surface area contributed by atoms with Gasteiger partial charge in [0.1, 0.15) is 16.9 Å². The molecule has 12 rings (SSSR count). The Kier molecular flexibility index (Phi) is 12.3. The van der Waals surface area contributed by atoms with E-state index in [-0.39, 0.29) is 31.9 Å². The number of hydrogen-bond donors (Lipinski definition) is 0. The molecule has 8 aromatic carbocycles. The third-order valence-corrected chi connectivity index (χ3v) is 12.4. The number of furan rings is 1. The summed E-state index contributed by atoms with van der Waals surface area (Å²) in [6.07, 6.45) is 1.79. The summed E-state index contributed by atoms with van der Waals surface area (Å²) in [5.74, 6) is 2.17. The number of pyridine rings is 1. The molecule has 0 atom stereocenters. The monoisotopic (exact) mass is 1060 g/mol. The van der Waals surface area contributed by atoms with Gasteiger partial charge in [0, 0.05) is 48.6 Å². The van der Waals surface area contributed by atoms with Gasteiger partial charge in [-0.15, -0.1) is 54.1 Å². The van der Waals surface area contributed by atoms with Crippen LogP contribution in [0, 0.1) is 12.1 Å². The molecule has 333 valence electrons. The largest absolute Gasteiger partial charge is 0.498 e. The molecule has 0 aliphatic rings. The summed E-state index contributed by atoms with van der Waals surface area (Å²) in [6.45, 7) is 9.14. The van der Waals surface area contributed by atoms with E-state index in [0.717, 1.165) is 83.7 Å². The molecule has 0 aliphatic heterocycles. The summed E-state index contributed by atoms with van der Waals surface area (Å²) < 4.78 is 11.6. The summed E-state index contributed by atoms with van der Waals surface area (Å²) >= 11 is 0. The molecule has 0 amide bonds. The summed E-state index contributed by atoms with van der Waals surface area (Å²) in [5, 5.41) is 2.02. The van der Waals surface area contributed by atoms with Gasteiger partial charge in [-0.05, 0) is 94.4 Å². The van der Waals surface area contributed by atoms with Gasteiger partial charge < -0.3 is 14.0 Å². The van der Waals surface area contributed by atoms with Crippen molar-refractivity contribution in [3.8, 4) is 56.5 Å². The van der Waals surface area contributed by atoms with Gasteiger partial charge in [0.25, 0.3) is 0 Å². The molecule has 0 saturated heterocycles. The van der Waals surface area contributed by atoms with Crippen LogP contribution in [0.1, 0.15) is 50.7 Å². The number of fused-ring (bicyclic) bond motifs is 6. The van der Waals surface area contributed by atoms with E-state index in [1.165, 1.54) is 27.9 Å². The molecule has 4 heterocycles. The maximum atomic E-state index is 7.05. The maximum Gasteiger partial charge on any atom is 0.148 e. The fourth-order valence-electron chi connectivity index (χ4n) is 9.24. The fraction of sp³-hybridized carbons (Fsp3) is 0.0984. The third-order valence-electron chi connectivity index (χ3n) is 12.4. The van der Waals surface area contributed by atoms with Gasteiger partial charge in [0.15, 0.2) is 0 Å². The Morgan fingerprint density at radius 2 is 1.15 bits per heavy atom. The second kappa shape index (κ2) is 18.9. The normalized spacial score (nSPS) is 11.4. The zero-order chi connectivity index (χ0) is 45.4. The summed E-state index contributed by atoms with van der Waals surface area (Å²) in [5.41, 5.74) is 16.3. The van der Waals surface area contributed by atoms with Crippen molar-refractivity contribution in [3.05, 3.63) is 224 Å². The molecule has 0 saturated carbocycles. The number of rotatable bonds is 8. The molecule has 0 fully saturated rings. The Labute approximate surface area is 410 Å². The van der Waals surface area contributed by atoms with E-state index in [9.17, 15) is 0 Å². The first-order chi connectivity index (χ1) is 32.9. The predicted molar refractivity (Wildman–Crippen MR) is 275 cm³/mol. The van der Waals surface area contributed by atoms with E-state index >= 15 is 0 Å². The van der Waals surface area contributed by atoms with Gasteiger partial charge in [-0.2, -0.15) is 0 Å². The predicted octanol–water partition coefficient (Wildman–Crippen LogP) is 15.9. The van der Waals surface area contributed by atoms with E-state index < -0.39 is 0 Å². The Balaban J connectivity index is 0.000000361. The average Bonchev–Trinajstić information content (AvgIpc) is 4.09. The van der Waals surface area contributed by atoms with Crippen LogP contribution in [0.3, 0.4) is 0 Å². The van der Waals surface area contributed by atoms with Crippen LogP contribution in [-0.2, 0) is 20.1 Å². The van der Waals surface area contributed by atoms with Crippen molar-refractivity contribution in [1.82, 2.24) is 24.1 Å². The Morgan fingerprint density at radius 1 is 0.500 bits per heavy atom.